The van der Waals surface area contributed by atoms with Crippen LogP contribution >= 0.6 is 0 Å². The third-order valence-electron chi connectivity index (χ3n) is 20.5. The number of nitrogens with one attached hydrogen (secondary N) is 3. The molecule has 6 aliphatic rings. The summed E-state index contributed by atoms with van der Waals surface area (Å²) in [6.45, 7) is 8.84. The Kier molecular flexibility index (Phi) is 24.8. The average molecular weight is 1550 g/mol. The highest BCUT2D eigenvalue weighted by atomic mass is 32.2. The Morgan fingerprint density at radius 2 is 0.962 bits per heavy atom. The molecule has 3 saturated heterocycles. The number of sulfonamides is 2. The molecular weight excluding hydrogens is 1460 g/mol. The molecule has 1 unspecified atom stereocenters. The van der Waals surface area contributed by atoms with Gasteiger partial charge in [0, 0.05) is 107 Å². The van der Waals surface area contributed by atoms with Crippen LogP contribution in [0.25, 0.3) is 0 Å². The van der Waals surface area contributed by atoms with E-state index in [4.69, 9.17) is 0 Å². The van der Waals surface area contributed by atoms with Gasteiger partial charge in [-0.15, -0.1) is 0 Å². The van der Waals surface area contributed by atoms with Gasteiger partial charge in [0.2, 0.25) is 37.5 Å². The van der Waals surface area contributed by atoms with Crippen molar-refractivity contribution in [1.29, 1.82) is 0 Å². The summed E-state index contributed by atoms with van der Waals surface area (Å²) in [6.07, 6.45) is 9.74. The SMILES string of the molecule is CC(F)(F)c1ccc(CN(c2ncnc(NCC3(CC(=O)O)CCS(=O)(=O)CC3)c2F)C2CC2)cc1.CC(c1ccc(C(C)(F)F)cc1)N(c1ncnc(NCC2CCN(S(C)(=O)=O)CC2)c1F)C1CC1.CC1(CNc2ncnc(N(Cc3ccc(C(F)(F)F)cc3)C3CC3)c2F)CCN(S(C)(=O)=O)CC1. The van der Waals surface area contributed by atoms with E-state index in [1.807, 2.05) is 18.7 Å². The zero-order valence-corrected chi connectivity index (χ0v) is 62.2. The molecule has 6 aromatic rings. The molecule has 3 aliphatic heterocycles. The minimum atomic E-state index is -4.41. The largest absolute Gasteiger partial charge is 0.481 e. The van der Waals surface area contributed by atoms with E-state index < -0.39 is 82.3 Å². The number of nitrogens with zero attached hydrogens (tertiary/aromatic N) is 11. The molecule has 4 N–H and O–H groups in total. The smallest absolute Gasteiger partial charge is 0.416 e. The second kappa shape index (κ2) is 32.6. The molecule has 12 rings (SSSR count). The maximum atomic E-state index is 15.6. The number of carboxylic acid groups (broad SMARTS) is 1. The standard InChI is InChI=1S/C24H32F3N5O2S.C24H29F3N4O4S.C23H29F4N5O2S/c1-16(18-4-6-19(7-5-18)24(2,26)27)32(20-8-9-20)23-21(25)22(29-15-30-23)28-14-17-10-12-31(13-11-17)35(3,33)34;1-23(26,27)17-4-2-16(3-5-17)13-31(18-6-7-18)22-20(25)21(29-15-30-22)28-14-24(12-19(32)33)8-10-36(34,35)11-9-24;1-22(9-11-31(12-10-22)35(2,33)34)14-28-20-19(24)21(30-15-29-20)32(18-7-8-18)13-16-3-5-17(6-4-16)23(25,26)27/h4-7,15-17,20H,8-14H2,1-3H3,(H,28,29,30);2-5,15,18H,6-14H2,1H3,(H,32,33)(H,28,29,30);3-6,15,18H,7-14H2,1-2H3,(H,28,29,30). The van der Waals surface area contributed by atoms with Crippen LogP contribution in [0.2, 0.25) is 0 Å². The number of benzene rings is 3. The van der Waals surface area contributed by atoms with Crippen LogP contribution in [-0.4, -0.2) is 163 Å². The predicted octanol–water partition coefficient (Wildman–Crippen LogP) is 12.8. The van der Waals surface area contributed by atoms with E-state index in [0.29, 0.717) is 70.5 Å². The Balaban J connectivity index is 0.000000170. The molecule has 6 heterocycles. The Morgan fingerprint density at radius 3 is 1.38 bits per heavy atom. The van der Waals surface area contributed by atoms with Crippen molar-refractivity contribution in [3.05, 3.63) is 143 Å². The van der Waals surface area contributed by atoms with Gasteiger partial charge in [-0.2, -0.15) is 26.3 Å². The predicted molar refractivity (Wildman–Crippen MR) is 383 cm³/mol. The molecule has 22 nitrogen and oxygen atoms in total. The van der Waals surface area contributed by atoms with Crippen LogP contribution in [0.15, 0.2) is 91.8 Å². The van der Waals surface area contributed by atoms with E-state index in [1.165, 1.54) is 76.5 Å². The van der Waals surface area contributed by atoms with Gasteiger partial charge < -0.3 is 35.8 Å². The van der Waals surface area contributed by atoms with Crippen LogP contribution in [0.5, 0.6) is 0 Å². The Morgan fingerprint density at radius 1 is 0.566 bits per heavy atom. The lowest BCUT2D eigenvalue weighted by Gasteiger charge is -2.38. The summed E-state index contributed by atoms with van der Waals surface area (Å²) in [5, 5.41) is 18.4. The summed E-state index contributed by atoms with van der Waals surface area (Å²) in [4.78, 5) is 41.6. The molecule has 106 heavy (non-hydrogen) atoms. The number of halogens is 10. The number of alkyl halides is 7. The normalized spacial score (nSPS) is 18.9. The fourth-order valence-corrected chi connectivity index (χ4v) is 16.8. The van der Waals surface area contributed by atoms with Crippen LogP contribution < -0.4 is 30.7 Å². The number of aliphatic carboxylic acids is 1. The Labute approximate surface area is 611 Å². The molecule has 35 heteroatoms. The molecule has 1 atom stereocenters. The summed E-state index contributed by atoms with van der Waals surface area (Å²) in [5.74, 6) is -8.34. The summed E-state index contributed by atoms with van der Waals surface area (Å²) < 4.78 is 213. The number of carbonyl (C=O) groups is 1. The number of aromatic nitrogens is 6. The lowest BCUT2D eigenvalue weighted by atomic mass is 9.78. The third-order valence-corrected chi connectivity index (χ3v) is 24.8. The topological polar surface area (TPSA) is 269 Å². The maximum Gasteiger partial charge on any atom is 0.416 e. The zero-order valence-electron chi connectivity index (χ0n) is 59.7. The van der Waals surface area contributed by atoms with Gasteiger partial charge in [-0.05, 0) is 124 Å². The first kappa shape index (κ1) is 80.8. The number of carboxylic acids is 1. The molecule has 6 fully saturated rings. The van der Waals surface area contributed by atoms with Crippen LogP contribution in [-0.2, 0) is 65.8 Å². The zero-order chi connectivity index (χ0) is 77.0. The highest BCUT2D eigenvalue weighted by Gasteiger charge is 2.42. The lowest BCUT2D eigenvalue weighted by molar-refractivity contribution is -0.140. The third kappa shape index (κ3) is 21.6. The molecule has 580 valence electrons. The van der Waals surface area contributed by atoms with E-state index in [0.717, 1.165) is 75.6 Å². The monoisotopic (exact) mass is 1550 g/mol. The summed E-state index contributed by atoms with van der Waals surface area (Å²) in [5.41, 5.74) is 0.199. The molecule has 0 bridgehead atoms. The summed E-state index contributed by atoms with van der Waals surface area (Å²) in [7, 11) is -9.63. The highest BCUT2D eigenvalue weighted by molar-refractivity contribution is 7.91. The molecule has 0 radical (unpaired) electrons. The van der Waals surface area contributed by atoms with E-state index in [-0.39, 0.29) is 132 Å². The fraction of sp³-hybridized carbons (Fsp3) is 0.563. The van der Waals surface area contributed by atoms with Crippen molar-refractivity contribution in [2.24, 2.45) is 16.7 Å². The van der Waals surface area contributed by atoms with Crippen molar-refractivity contribution < 1.29 is 79.1 Å². The van der Waals surface area contributed by atoms with Gasteiger partial charge in [0.05, 0.1) is 42.0 Å². The highest BCUT2D eigenvalue weighted by Crippen LogP contribution is 2.43. The number of rotatable bonds is 27. The number of anilines is 6. The van der Waals surface area contributed by atoms with Crippen LogP contribution in [0.4, 0.5) is 78.8 Å². The first-order valence-electron chi connectivity index (χ1n) is 35.2. The van der Waals surface area contributed by atoms with Gasteiger partial charge in [-0.1, -0.05) is 67.6 Å². The maximum absolute atomic E-state index is 15.6. The molecular formula is C71H90F10N14O8S3. The lowest BCUT2D eigenvalue weighted by Crippen LogP contribution is -2.44. The van der Waals surface area contributed by atoms with E-state index in [2.05, 4.69) is 45.9 Å². The van der Waals surface area contributed by atoms with Crippen molar-refractivity contribution >= 4 is 70.8 Å². The molecule has 3 aliphatic carbocycles. The quantitative estimate of drug-likeness (QED) is 0.0349. The Hall–Kier alpha value is -7.76. The second-order valence-corrected chi connectivity index (χ2v) is 35.6. The van der Waals surface area contributed by atoms with Crippen molar-refractivity contribution in [3.63, 3.8) is 0 Å². The molecule has 3 saturated carbocycles. The number of piperidine rings is 2. The summed E-state index contributed by atoms with van der Waals surface area (Å²) >= 11 is 0. The van der Waals surface area contributed by atoms with Crippen LogP contribution in [0.3, 0.4) is 0 Å². The van der Waals surface area contributed by atoms with Crippen LogP contribution in [0.1, 0.15) is 151 Å². The number of sulfone groups is 1. The van der Waals surface area contributed by atoms with E-state index in [1.54, 1.807) is 34.1 Å². The minimum absolute atomic E-state index is 0.0523. The first-order valence-corrected chi connectivity index (χ1v) is 40.7. The number of hydrogen-bond acceptors (Lipinski definition) is 19. The number of hydrogen-bond donors (Lipinski definition) is 4. The fourth-order valence-electron chi connectivity index (χ4n) is 13.4. The molecule has 3 aromatic carbocycles. The van der Waals surface area contributed by atoms with Gasteiger partial charge >= 0.3 is 12.1 Å². The minimum Gasteiger partial charge on any atom is -0.481 e. The van der Waals surface area contributed by atoms with Gasteiger partial charge in [-0.3, -0.25) is 4.79 Å². The van der Waals surface area contributed by atoms with Crippen molar-refractivity contribution in [2.75, 3.05) is 100 Å². The molecule has 0 spiro atoms. The molecule has 3 aromatic heterocycles. The van der Waals surface area contributed by atoms with Gasteiger partial charge in [0.25, 0.3) is 11.8 Å². The van der Waals surface area contributed by atoms with E-state index >= 15 is 13.2 Å². The van der Waals surface area contributed by atoms with Crippen molar-refractivity contribution in [1.82, 2.24) is 38.5 Å². The average Bonchev–Trinajstić information content (AvgIpc) is 1.60. The van der Waals surface area contributed by atoms with Gasteiger partial charge in [0.15, 0.2) is 34.9 Å². The van der Waals surface area contributed by atoms with Crippen molar-refractivity contribution in [2.45, 2.75) is 166 Å². The molecule has 0 amide bonds. The second-order valence-electron chi connectivity index (χ2n) is 29.3. The van der Waals surface area contributed by atoms with Gasteiger partial charge in [-0.25, -0.2) is 81.3 Å². The Bertz CT molecular complexity index is 4360. The van der Waals surface area contributed by atoms with E-state index in [9.17, 15) is 65.9 Å². The first-order chi connectivity index (χ1) is 49.7. The van der Waals surface area contributed by atoms with Crippen LogP contribution in [0, 0.1) is 34.2 Å². The van der Waals surface area contributed by atoms with Crippen molar-refractivity contribution in [3.8, 4) is 0 Å². The van der Waals surface area contributed by atoms with Gasteiger partial charge in [0.1, 0.15) is 28.8 Å². The summed E-state index contributed by atoms with van der Waals surface area (Å²) in [6, 6.07) is 16.9.